The highest BCUT2D eigenvalue weighted by Crippen LogP contribution is 2.35. The lowest BCUT2D eigenvalue weighted by Crippen LogP contribution is -2.23. The maximum atomic E-state index is 10.7. The minimum Gasteiger partial charge on any atom is -0.481 e. The van der Waals surface area contributed by atoms with Gasteiger partial charge < -0.3 is 5.11 Å². The number of halogens is 1. The van der Waals surface area contributed by atoms with Crippen LogP contribution in [0.1, 0.15) is 20.8 Å². The van der Waals surface area contributed by atoms with Crippen molar-refractivity contribution in [3.05, 3.63) is 16.5 Å². The van der Waals surface area contributed by atoms with Crippen LogP contribution in [0.3, 0.4) is 0 Å². The van der Waals surface area contributed by atoms with Gasteiger partial charge >= 0.3 is 5.97 Å². The Morgan fingerprint density at radius 2 is 2.15 bits per heavy atom. The van der Waals surface area contributed by atoms with E-state index in [9.17, 15) is 4.79 Å². The molecular weight excluding hydrogens is 318 g/mol. The Morgan fingerprint density at radius 3 is 2.65 bits per heavy atom. The third-order valence-electron chi connectivity index (χ3n) is 2.42. The van der Waals surface area contributed by atoms with Gasteiger partial charge in [-0.15, -0.1) is 21.5 Å². The van der Waals surface area contributed by atoms with Gasteiger partial charge in [0, 0.05) is 5.54 Å². The average molecular weight is 332 g/mol. The van der Waals surface area contributed by atoms with Crippen molar-refractivity contribution in [3.8, 4) is 10.7 Å². The van der Waals surface area contributed by atoms with Crippen LogP contribution in [0.5, 0.6) is 0 Å². The molecule has 0 unspecified atom stereocenters. The maximum absolute atomic E-state index is 10.7. The Morgan fingerprint density at radius 1 is 1.45 bits per heavy atom. The number of carboxylic acids is 1. The van der Waals surface area contributed by atoms with Gasteiger partial charge in [0.25, 0.3) is 0 Å². The van der Waals surface area contributed by atoms with E-state index in [0.29, 0.717) is 15.3 Å². The molecule has 20 heavy (non-hydrogen) atoms. The van der Waals surface area contributed by atoms with Crippen LogP contribution in [0.4, 0.5) is 0 Å². The molecular formula is C12H14ClN3O2S2. The minimum absolute atomic E-state index is 0.0423. The number of thioether (sulfide) groups is 1. The lowest BCUT2D eigenvalue weighted by molar-refractivity contribution is -0.133. The first-order valence-electron chi connectivity index (χ1n) is 5.85. The number of aliphatic carboxylic acids is 1. The topological polar surface area (TPSA) is 68.0 Å². The number of carboxylic acid groups (broad SMARTS) is 1. The van der Waals surface area contributed by atoms with Crippen molar-refractivity contribution in [1.82, 2.24) is 14.8 Å². The summed E-state index contributed by atoms with van der Waals surface area (Å²) in [6.45, 7) is 6.08. The first kappa shape index (κ1) is 15.3. The third-order valence-corrected chi connectivity index (χ3v) is 4.56. The van der Waals surface area contributed by atoms with Gasteiger partial charge in [-0.25, -0.2) is 0 Å². The molecule has 108 valence electrons. The molecule has 1 N–H and O–H groups in total. The lowest BCUT2D eigenvalue weighted by Gasteiger charge is -2.24. The maximum Gasteiger partial charge on any atom is 0.313 e. The fraction of sp³-hybridized carbons (Fsp3) is 0.417. The van der Waals surface area contributed by atoms with Crippen LogP contribution in [-0.4, -0.2) is 31.6 Å². The molecule has 2 aromatic heterocycles. The number of nitrogens with zero attached hydrogens (tertiary/aromatic N) is 3. The highest BCUT2D eigenvalue weighted by molar-refractivity contribution is 7.99. The summed E-state index contributed by atoms with van der Waals surface area (Å²) in [6, 6.07) is 3.71. The molecule has 0 saturated heterocycles. The predicted octanol–water partition coefficient (Wildman–Crippen LogP) is 3.59. The number of hydrogen-bond donors (Lipinski definition) is 1. The summed E-state index contributed by atoms with van der Waals surface area (Å²) in [6.07, 6.45) is 0. The molecule has 0 aromatic carbocycles. The summed E-state index contributed by atoms with van der Waals surface area (Å²) >= 11 is 8.56. The van der Waals surface area contributed by atoms with Crippen molar-refractivity contribution >= 4 is 40.7 Å². The van der Waals surface area contributed by atoms with E-state index in [1.165, 1.54) is 23.1 Å². The third kappa shape index (κ3) is 3.34. The summed E-state index contributed by atoms with van der Waals surface area (Å²) in [5, 5.41) is 17.7. The molecule has 0 aliphatic heterocycles. The van der Waals surface area contributed by atoms with Gasteiger partial charge in [0.2, 0.25) is 0 Å². The molecule has 5 nitrogen and oxygen atoms in total. The second-order valence-electron chi connectivity index (χ2n) is 5.10. The van der Waals surface area contributed by atoms with Crippen molar-refractivity contribution in [3.63, 3.8) is 0 Å². The minimum atomic E-state index is -0.876. The molecule has 0 spiro atoms. The van der Waals surface area contributed by atoms with Gasteiger partial charge in [-0.3, -0.25) is 9.36 Å². The Kier molecular flexibility index (Phi) is 4.41. The Bertz CT molecular complexity index is 631. The molecule has 0 bridgehead atoms. The van der Waals surface area contributed by atoms with Crippen molar-refractivity contribution in [1.29, 1.82) is 0 Å². The molecule has 2 aromatic rings. The van der Waals surface area contributed by atoms with E-state index in [0.717, 1.165) is 4.88 Å². The molecule has 2 rings (SSSR count). The highest BCUT2D eigenvalue weighted by Gasteiger charge is 2.25. The number of aromatic nitrogens is 3. The summed E-state index contributed by atoms with van der Waals surface area (Å²) in [5.41, 5.74) is -0.254. The first-order chi connectivity index (χ1) is 9.29. The lowest BCUT2D eigenvalue weighted by atomic mass is 10.1. The van der Waals surface area contributed by atoms with Crippen LogP contribution in [0, 0.1) is 0 Å². The van der Waals surface area contributed by atoms with Crippen molar-refractivity contribution in [2.75, 3.05) is 5.75 Å². The molecule has 0 amide bonds. The number of hydrogen-bond acceptors (Lipinski definition) is 5. The average Bonchev–Trinajstić information content (AvgIpc) is 2.90. The number of thiophene rings is 1. The first-order valence-corrected chi connectivity index (χ1v) is 8.03. The van der Waals surface area contributed by atoms with E-state index in [4.69, 9.17) is 16.7 Å². The van der Waals surface area contributed by atoms with E-state index >= 15 is 0 Å². The summed E-state index contributed by atoms with van der Waals surface area (Å²) in [4.78, 5) is 11.6. The molecule has 0 radical (unpaired) electrons. The zero-order valence-electron chi connectivity index (χ0n) is 11.3. The summed E-state index contributed by atoms with van der Waals surface area (Å²) < 4.78 is 2.63. The second kappa shape index (κ2) is 5.75. The molecule has 8 heteroatoms. The number of carbonyl (C=O) groups is 1. The monoisotopic (exact) mass is 331 g/mol. The van der Waals surface area contributed by atoms with Gasteiger partial charge in [0.1, 0.15) is 0 Å². The zero-order chi connectivity index (χ0) is 14.9. The zero-order valence-corrected chi connectivity index (χ0v) is 13.6. The Hall–Kier alpha value is -1.05. The molecule has 0 saturated carbocycles. The van der Waals surface area contributed by atoms with Crippen molar-refractivity contribution in [2.45, 2.75) is 31.5 Å². The number of rotatable bonds is 4. The molecule has 0 atom stereocenters. The van der Waals surface area contributed by atoms with E-state index in [-0.39, 0.29) is 11.3 Å². The standard InChI is InChI=1S/C12H14ClN3O2S2/c1-12(2,3)16-10(7-4-5-8(13)20-7)14-15-11(16)19-6-9(17)18/h4-5H,6H2,1-3H3,(H,17,18). The van der Waals surface area contributed by atoms with E-state index in [1.807, 2.05) is 37.5 Å². The Balaban J connectivity index is 2.45. The molecule has 0 aliphatic carbocycles. The van der Waals surface area contributed by atoms with Crippen LogP contribution < -0.4 is 0 Å². The molecule has 0 fully saturated rings. The van der Waals surface area contributed by atoms with E-state index < -0.39 is 5.97 Å². The summed E-state index contributed by atoms with van der Waals surface area (Å²) in [7, 11) is 0. The van der Waals surface area contributed by atoms with Gasteiger partial charge in [0.15, 0.2) is 11.0 Å². The molecule has 2 heterocycles. The van der Waals surface area contributed by atoms with E-state index in [2.05, 4.69) is 10.2 Å². The molecule has 0 aliphatic rings. The van der Waals surface area contributed by atoms with Crippen molar-refractivity contribution < 1.29 is 9.90 Å². The van der Waals surface area contributed by atoms with Gasteiger partial charge in [-0.1, -0.05) is 23.4 Å². The van der Waals surface area contributed by atoms with E-state index in [1.54, 1.807) is 0 Å². The van der Waals surface area contributed by atoms with Crippen LogP contribution in [0.25, 0.3) is 10.7 Å². The highest BCUT2D eigenvalue weighted by atomic mass is 35.5. The summed E-state index contributed by atoms with van der Waals surface area (Å²) in [5.74, 6) is -0.208. The normalized spacial score (nSPS) is 11.8. The second-order valence-corrected chi connectivity index (χ2v) is 7.76. The van der Waals surface area contributed by atoms with Crippen LogP contribution >= 0.6 is 34.7 Å². The van der Waals surface area contributed by atoms with Crippen LogP contribution in [0.2, 0.25) is 4.34 Å². The Labute approximate surface area is 130 Å². The smallest absolute Gasteiger partial charge is 0.313 e. The van der Waals surface area contributed by atoms with Crippen LogP contribution in [0.15, 0.2) is 17.3 Å². The predicted molar refractivity (Wildman–Crippen MR) is 81.7 cm³/mol. The van der Waals surface area contributed by atoms with Crippen molar-refractivity contribution in [2.24, 2.45) is 0 Å². The SMILES string of the molecule is CC(C)(C)n1c(SCC(=O)O)nnc1-c1ccc(Cl)s1. The van der Waals surface area contributed by atoms with Crippen LogP contribution in [-0.2, 0) is 10.3 Å². The van der Waals surface area contributed by atoms with Gasteiger partial charge in [-0.05, 0) is 32.9 Å². The van der Waals surface area contributed by atoms with Gasteiger partial charge in [-0.2, -0.15) is 0 Å². The fourth-order valence-corrected chi connectivity index (χ4v) is 3.55. The quantitative estimate of drug-likeness (QED) is 0.867. The fourth-order valence-electron chi connectivity index (χ4n) is 1.69. The van der Waals surface area contributed by atoms with Gasteiger partial charge in [0.05, 0.1) is 15.0 Å². The largest absolute Gasteiger partial charge is 0.481 e.